The van der Waals surface area contributed by atoms with Crippen molar-refractivity contribution in [3.8, 4) is 33.6 Å². The summed E-state index contributed by atoms with van der Waals surface area (Å²) in [6.07, 6.45) is 0. The van der Waals surface area contributed by atoms with Gasteiger partial charge in [0.15, 0.2) is 0 Å². The fraction of sp³-hybridized carbons (Fsp3) is 0. The molecular weight excluding hydrogens is 472 g/mol. The number of furan rings is 1. The third-order valence-corrected chi connectivity index (χ3v) is 7.26. The van der Waals surface area contributed by atoms with Crippen LogP contribution in [0.1, 0.15) is 12.3 Å². The average molecular weight is 506 g/mol. The molecule has 0 spiro atoms. The van der Waals surface area contributed by atoms with Gasteiger partial charge in [0.05, 0.1) is 12.3 Å². The zero-order chi connectivity index (χ0) is 33.6. The lowest BCUT2D eigenvalue weighted by atomic mass is 9.86. The standard InChI is InChI=1S/C38H24O/c1-2-12-26(13-3-1)37-31-16-6-8-18-33(31)38(34-19-9-7-17-32(34)37)27-21-22-35-28(23-27)24-36(39-35)30-20-10-14-25-11-4-5-15-29(25)30/h1-24H/i1D,2D,3D,6D,8D,12D,13D,16D,18D. The van der Waals surface area contributed by atoms with Gasteiger partial charge in [-0.05, 0) is 72.8 Å². The first-order valence-electron chi connectivity index (χ1n) is 17.1. The van der Waals surface area contributed by atoms with E-state index in [4.69, 9.17) is 16.8 Å². The zero-order valence-corrected chi connectivity index (χ0v) is 20.6. The molecule has 0 aliphatic rings. The van der Waals surface area contributed by atoms with Crippen molar-refractivity contribution in [1.82, 2.24) is 0 Å². The van der Waals surface area contributed by atoms with Gasteiger partial charge in [-0.3, -0.25) is 0 Å². The molecule has 7 aromatic carbocycles. The summed E-state index contributed by atoms with van der Waals surface area (Å²) in [4.78, 5) is 0. The molecule has 0 saturated heterocycles. The average Bonchev–Trinajstić information content (AvgIpc) is 3.54. The summed E-state index contributed by atoms with van der Waals surface area (Å²) in [5, 5.41) is 4.30. The Bertz CT molecular complexity index is 2640. The van der Waals surface area contributed by atoms with Crippen LogP contribution in [0.2, 0.25) is 0 Å². The number of hydrogen-bond donors (Lipinski definition) is 0. The Balaban J connectivity index is 1.49. The highest BCUT2D eigenvalue weighted by atomic mass is 16.3. The maximum atomic E-state index is 9.13. The normalized spacial score (nSPS) is 14.8. The fourth-order valence-electron chi connectivity index (χ4n) is 5.58. The minimum atomic E-state index is -0.544. The van der Waals surface area contributed by atoms with Crippen LogP contribution in [0, 0.1) is 0 Å². The van der Waals surface area contributed by atoms with Crippen molar-refractivity contribution in [2.75, 3.05) is 0 Å². The summed E-state index contributed by atoms with van der Waals surface area (Å²) in [6.45, 7) is 0. The van der Waals surface area contributed by atoms with Gasteiger partial charge in [-0.15, -0.1) is 0 Å². The molecule has 0 N–H and O–H groups in total. The molecule has 0 aliphatic heterocycles. The summed E-state index contributed by atoms with van der Waals surface area (Å²) >= 11 is 0. The van der Waals surface area contributed by atoms with E-state index in [1.807, 2.05) is 78.9 Å². The van der Waals surface area contributed by atoms with Gasteiger partial charge in [0.1, 0.15) is 11.3 Å². The van der Waals surface area contributed by atoms with Crippen molar-refractivity contribution in [2.24, 2.45) is 0 Å². The minimum absolute atomic E-state index is 0.0805. The van der Waals surface area contributed by atoms with E-state index in [2.05, 4.69) is 0 Å². The van der Waals surface area contributed by atoms with Crippen molar-refractivity contribution in [3.05, 3.63) is 145 Å². The summed E-state index contributed by atoms with van der Waals surface area (Å²) in [6, 6.07) is 24.8. The van der Waals surface area contributed by atoms with Gasteiger partial charge in [0.25, 0.3) is 0 Å². The molecule has 8 aromatic rings. The summed E-state index contributed by atoms with van der Waals surface area (Å²) in [5.74, 6) is 0.687. The van der Waals surface area contributed by atoms with Crippen LogP contribution >= 0.6 is 0 Å². The molecular formula is C38H24O. The van der Waals surface area contributed by atoms with E-state index in [-0.39, 0.29) is 34.0 Å². The van der Waals surface area contributed by atoms with Crippen LogP contribution in [0.25, 0.3) is 76.9 Å². The quantitative estimate of drug-likeness (QED) is 0.218. The van der Waals surface area contributed by atoms with Crippen molar-refractivity contribution in [2.45, 2.75) is 0 Å². The second-order valence-corrected chi connectivity index (χ2v) is 9.44. The van der Waals surface area contributed by atoms with Crippen molar-refractivity contribution >= 4 is 43.3 Å². The molecule has 0 aliphatic carbocycles. The topological polar surface area (TPSA) is 13.1 Å². The largest absolute Gasteiger partial charge is 0.456 e. The predicted molar refractivity (Wildman–Crippen MR) is 165 cm³/mol. The third-order valence-electron chi connectivity index (χ3n) is 7.26. The number of hydrogen-bond acceptors (Lipinski definition) is 1. The van der Waals surface area contributed by atoms with Gasteiger partial charge in [0, 0.05) is 10.9 Å². The first kappa shape index (κ1) is 14.7. The van der Waals surface area contributed by atoms with Crippen molar-refractivity contribution < 1.29 is 16.8 Å². The van der Waals surface area contributed by atoms with E-state index in [0.717, 1.165) is 21.7 Å². The van der Waals surface area contributed by atoms with E-state index in [9.17, 15) is 0 Å². The van der Waals surface area contributed by atoms with Crippen molar-refractivity contribution in [1.29, 1.82) is 0 Å². The fourth-order valence-corrected chi connectivity index (χ4v) is 5.58. The molecule has 0 saturated carbocycles. The molecule has 1 nitrogen and oxygen atoms in total. The van der Waals surface area contributed by atoms with Gasteiger partial charge in [0.2, 0.25) is 0 Å². The monoisotopic (exact) mass is 505 g/mol. The van der Waals surface area contributed by atoms with Gasteiger partial charge < -0.3 is 4.42 Å². The van der Waals surface area contributed by atoms with E-state index < -0.39 is 42.3 Å². The Morgan fingerprint density at radius 3 is 1.87 bits per heavy atom. The summed E-state index contributed by atoms with van der Waals surface area (Å²) in [7, 11) is 0. The lowest BCUT2D eigenvalue weighted by molar-refractivity contribution is 0.632. The van der Waals surface area contributed by atoms with Gasteiger partial charge in [-0.1, -0.05) is 127 Å². The minimum Gasteiger partial charge on any atom is -0.456 e. The lowest BCUT2D eigenvalue weighted by Gasteiger charge is -2.17. The first-order valence-corrected chi connectivity index (χ1v) is 12.6. The third kappa shape index (κ3) is 3.48. The Morgan fingerprint density at radius 1 is 0.462 bits per heavy atom. The highest BCUT2D eigenvalue weighted by Crippen LogP contribution is 2.44. The van der Waals surface area contributed by atoms with Crippen LogP contribution < -0.4 is 0 Å². The molecule has 0 fully saturated rings. The van der Waals surface area contributed by atoms with Gasteiger partial charge in [-0.2, -0.15) is 0 Å². The number of rotatable bonds is 3. The van der Waals surface area contributed by atoms with Crippen LogP contribution in [0.3, 0.4) is 0 Å². The maximum Gasteiger partial charge on any atom is 0.136 e. The summed E-state index contributed by atoms with van der Waals surface area (Å²) < 4.78 is 84.2. The highest BCUT2D eigenvalue weighted by molar-refractivity contribution is 6.21. The molecule has 1 aromatic heterocycles. The highest BCUT2D eigenvalue weighted by Gasteiger charge is 2.17. The van der Waals surface area contributed by atoms with E-state index in [1.165, 1.54) is 0 Å². The van der Waals surface area contributed by atoms with E-state index in [1.54, 1.807) is 12.1 Å². The zero-order valence-electron chi connectivity index (χ0n) is 29.6. The molecule has 8 rings (SSSR count). The van der Waals surface area contributed by atoms with Crippen LogP contribution in [0.15, 0.2) is 150 Å². The smallest absolute Gasteiger partial charge is 0.136 e. The number of fused-ring (bicyclic) bond motifs is 4. The van der Waals surface area contributed by atoms with Crippen molar-refractivity contribution in [3.63, 3.8) is 0 Å². The second-order valence-electron chi connectivity index (χ2n) is 9.44. The molecule has 0 bridgehead atoms. The molecule has 182 valence electrons. The molecule has 0 amide bonds. The van der Waals surface area contributed by atoms with Crippen LogP contribution in [0.5, 0.6) is 0 Å². The molecule has 1 heteroatoms. The van der Waals surface area contributed by atoms with Gasteiger partial charge >= 0.3 is 0 Å². The van der Waals surface area contributed by atoms with Crippen LogP contribution in [0.4, 0.5) is 0 Å². The molecule has 0 unspecified atom stereocenters. The maximum absolute atomic E-state index is 9.13. The lowest BCUT2D eigenvalue weighted by Crippen LogP contribution is -1.90. The molecule has 39 heavy (non-hydrogen) atoms. The summed E-state index contributed by atoms with van der Waals surface area (Å²) in [5.41, 5.74) is 2.84. The SMILES string of the molecule is [2H]c1c([2H])c([2H])c(-c2c3ccccc3c(-c3ccc4oc(-c5cccc6ccccc56)cc4c3)c3c([2H])c([2H])c([2H])c([2H])c23)c([2H])c1[2H]. The second kappa shape index (κ2) is 8.72. The molecule has 0 atom stereocenters. The van der Waals surface area contributed by atoms with E-state index in [0.29, 0.717) is 33.2 Å². The van der Waals surface area contributed by atoms with Gasteiger partial charge in [-0.25, -0.2) is 0 Å². The van der Waals surface area contributed by atoms with E-state index >= 15 is 0 Å². The predicted octanol–water partition coefficient (Wildman–Crippen LogP) is 10.9. The first-order chi connectivity index (χ1) is 23.1. The Hall–Kier alpha value is -5.14. The Kier molecular flexibility index (Phi) is 3.29. The molecule has 1 heterocycles. The van der Waals surface area contributed by atoms with Crippen LogP contribution in [-0.4, -0.2) is 0 Å². The van der Waals surface area contributed by atoms with Crippen LogP contribution in [-0.2, 0) is 0 Å². The molecule has 0 radical (unpaired) electrons. The Labute approximate surface area is 239 Å². The number of benzene rings is 7. The Morgan fingerprint density at radius 2 is 1.10 bits per heavy atom.